The molecule has 9 nitrogen and oxygen atoms in total. The quantitative estimate of drug-likeness (QED) is 0.569. The van der Waals surface area contributed by atoms with Crippen LogP contribution in [0.1, 0.15) is 31.4 Å². The van der Waals surface area contributed by atoms with E-state index in [2.05, 4.69) is 25.4 Å². The highest BCUT2D eigenvalue weighted by molar-refractivity contribution is 5.86. The SMILES string of the molecule is Cn1cc(-c2ccc3nnc(CC(=O)C4CCN(C(=O)CN5CCCC5)CC4)cc3c2)nn1. The maximum atomic E-state index is 12.9. The molecular formula is C24H29N7O2. The number of likely N-dealkylation sites (tertiary alicyclic amines) is 2. The third-order valence-electron chi connectivity index (χ3n) is 6.75. The van der Waals surface area contributed by atoms with Crippen LogP contribution in [0.3, 0.4) is 0 Å². The summed E-state index contributed by atoms with van der Waals surface area (Å²) in [4.78, 5) is 29.7. The summed E-state index contributed by atoms with van der Waals surface area (Å²) in [6.07, 6.45) is 5.95. The van der Waals surface area contributed by atoms with Gasteiger partial charge in [-0.3, -0.25) is 19.2 Å². The molecule has 0 radical (unpaired) electrons. The van der Waals surface area contributed by atoms with Gasteiger partial charge in [0.05, 0.1) is 30.4 Å². The van der Waals surface area contributed by atoms with Crippen molar-refractivity contribution < 1.29 is 9.59 Å². The van der Waals surface area contributed by atoms with Crippen LogP contribution in [0, 0.1) is 5.92 Å². The van der Waals surface area contributed by atoms with Crippen molar-refractivity contribution >= 4 is 22.6 Å². The fourth-order valence-corrected chi connectivity index (χ4v) is 4.82. The zero-order chi connectivity index (χ0) is 22.8. The van der Waals surface area contributed by atoms with Crippen LogP contribution in [-0.4, -0.2) is 79.4 Å². The molecule has 0 N–H and O–H groups in total. The molecule has 0 spiro atoms. The lowest BCUT2D eigenvalue weighted by Crippen LogP contribution is -2.44. The zero-order valence-electron chi connectivity index (χ0n) is 19.0. The number of hydrogen-bond donors (Lipinski definition) is 0. The number of benzene rings is 1. The van der Waals surface area contributed by atoms with Crippen molar-refractivity contribution in [2.75, 3.05) is 32.7 Å². The number of carbonyl (C=O) groups excluding carboxylic acids is 2. The second-order valence-corrected chi connectivity index (χ2v) is 9.17. The van der Waals surface area contributed by atoms with E-state index in [1.54, 1.807) is 4.68 Å². The van der Waals surface area contributed by atoms with E-state index in [9.17, 15) is 9.59 Å². The molecule has 2 saturated heterocycles. The first-order valence-corrected chi connectivity index (χ1v) is 11.7. The Balaban J connectivity index is 1.19. The molecule has 0 aliphatic carbocycles. The van der Waals surface area contributed by atoms with Crippen LogP contribution >= 0.6 is 0 Å². The third kappa shape index (κ3) is 4.93. The van der Waals surface area contributed by atoms with Crippen LogP contribution in [0.2, 0.25) is 0 Å². The molecule has 2 aliphatic heterocycles. The monoisotopic (exact) mass is 447 g/mol. The van der Waals surface area contributed by atoms with Gasteiger partial charge in [0.1, 0.15) is 11.5 Å². The molecule has 0 atom stereocenters. The zero-order valence-corrected chi connectivity index (χ0v) is 19.0. The summed E-state index contributed by atoms with van der Waals surface area (Å²) in [6, 6.07) is 7.80. The first kappa shape index (κ1) is 21.6. The number of Topliss-reactive ketones (excluding diaryl/α,β-unsaturated/α-hetero) is 1. The van der Waals surface area contributed by atoms with E-state index in [1.165, 1.54) is 12.8 Å². The van der Waals surface area contributed by atoms with E-state index >= 15 is 0 Å². The van der Waals surface area contributed by atoms with Crippen LogP contribution in [0.5, 0.6) is 0 Å². The largest absolute Gasteiger partial charge is 0.342 e. The van der Waals surface area contributed by atoms with Crippen molar-refractivity contribution in [3.8, 4) is 11.3 Å². The summed E-state index contributed by atoms with van der Waals surface area (Å²) < 4.78 is 1.67. The Kier molecular flexibility index (Phi) is 6.13. The van der Waals surface area contributed by atoms with Crippen LogP contribution < -0.4 is 0 Å². The first-order chi connectivity index (χ1) is 16.0. The van der Waals surface area contributed by atoms with Gasteiger partial charge in [-0.1, -0.05) is 11.3 Å². The van der Waals surface area contributed by atoms with E-state index in [4.69, 9.17) is 0 Å². The summed E-state index contributed by atoms with van der Waals surface area (Å²) in [5, 5.41) is 17.7. The Bertz CT molecular complexity index is 1160. The molecule has 2 aliphatic rings. The fourth-order valence-electron chi connectivity index (χ4n) is 4.82. The third-order valence-corrected chi connectivity index (χ3v) is 6.75. The fraction of sp³-hybridized carbons (Fsp3) is 0.500. The van der Waals surface area contributed by atoms with Gasteiger partial charge < -0.3 is 4.90 Å². The Morgan fingerprint density at radius 3 is 2.52 bits per heavy atom. The minimum atomic E-state index is -0.0238. The molecule has 0 bridgehead atoms. The van der Waals surface area contributed by atoms with Crippen molar-refractivity contribution in [3.05, 3.63) is 36.2 Å². The number of fused-ring (bicyclic) bond motifs is 1. The van der Waals surface area contributed by atoms with Gasteiger partial charge in [0.15, 0.2) is 0 Å². The lowest BCUT2D eigenvalue weighted by Gasteiger charge is -2.32. The molecule has 2 fully saturated rings. The average Bonchev–Trinajstić information content (AvgIpc) is 3.50. The Hall–Kier alpha value is -3.20. The standard InChI is InChI=1S/C24H29N7O2/c1-29-15-22(27-28-29)18-4-5-21-19(12-18)13-20(25-26-21)14-23(32)17-6-10-31(11-7-17)24(33)16-30-8-2-3-9-30/h4-5,12-13,15,17H,2-3,6-11,14,16H2,1H3. The van der Waals surface area contributed by atoms with Crippen LogP contribution in [0.15, 0.2) is 30.5 Å². The average molecular weight is 448 g/mol. The summed E-state index contributed by atoms with van der Waals surface area (Å²) in [5.74, 6) is 0.353. The van der Waals surface area contributed by atoms with Gasteiger partial charge in [-0.15, -0.1) is 5.10 Å². The molecule has 3 aromatic rings. The number of ketones is 1. The minimum absolute atomic E-state index is 0.0238. The highest BCUT2D eigenvalue weighted by Gasteiger charge is 2.28. The van der Waals surface area contributed by atoms with E-state index in [1.807, 2.05) is 42.4 Å². The van der Waals surface area contributed by atoms with Crippen molar-refractivity contribution in [1.29, 1.82) is 0 Å². The molecule has 172 valence electrons. The van der Waals surface area contributed by atoms with Crippen molar-refractivity contribution in [2.45, 2.75) is 32.1 Å². The van der Waals surface area contributed by atoms with E-state index < -0.39 is 0 Å². The second kappa shape index (κ2) is 9.35. The lowest BCUT2D eigenvalue weighted by molar-refractivity contribution is -0.135. The predicted octanol–water partition coefficient (Wildman–Crippen LogP) is 1.87. The minimum Gasteiger partial charge on any atom is -0.342 e. The Labute approximate surface area is 192 Å². The molecular weight excluding hydrogens is 418 g/mol. The Morgan fingerprint density at radius 2 is 1.79 bits per heavy atom. The van der Waals surface area contributed by atoms with E-state index in [0.29, 0.717) is 25.3 Å². The molecule has 2 aromatic heterocycles. The van der Waals surface area contributed by atoms with Gasteiger partial charge in [0.2, 0.25) is 5.91 Å². The molecule has 9 heteroatoms. The number of piperidine rings is 1. The number of nitrogens with zero attached hydrogens (tertiary/aromatic N) is 7. The van der Waals surface area contributed by atoms with Crippen LogP contribution in [-0.2, 0) is 23.1 Å². The highest BCUT2D eigenvalue weighted by Crippen LogP contribution is 2.24. The van der Waals surface area contributed by atoms with Gasteiger partial charge >= 0.3 is 0 Å². The lowest BCUT2D eigenvalue weighted by atomic mass is 9.90. The molecule has 1 amide bonds. The molecule has 5 rings (SSSR count). The summed E-state index contributed by atoms with van der Waals surface area (Å²) in [5.41, 5.74) is 3.20. The molecule has 33 heavy (non-hydrogen) atoms. The molecule has 0 saturated carbocycles. The normalized spacial score (nSPS) is 17.7. The molecule has 1 aromatic carbocycles. The van der Waals surface area contributed by atoms with Gasteiger partial charge in [-0.05, 0) is 57.0 Å². The van der Waals surface area contributed by atoms with Crippen LogP contribution in [0.4, 0.5) is 0 Å². The number of hydrogen-bond acceptors (Lipinski definition) is 7. The Morgan fingerprint density at radius 1 is 1.00 bits per heavy atom. The number of amides is 1. The second-order valence-electron chi connectivity index (χ2n) is 9.17. The number of carbonyl (C=O) groups is 2. The smallest absolute Gasteiger partial charge is 0.236 e. The number of rotatable bonds is 6. The van der Waals surface area contributed by atoms with Crippen molar-refractivity contribution in [1.82, 2.24) is 35.0 Å². The molecule has 4 heterocycles. The number of aromatic nitrogens is 5. The van der Waals surface area contributed by atoms with Crippen LogP contribution in [0.25, 0.3) is 22.2 Å². The molecule has 0 unspecified atom stereocenters. The predicted molar refractivity (Wildman–Crippen MR) is 123 cm³/mol. The van der Waals surface area contributed by atoms with Gasteiger partial charge in [0.25, 0.3) is 0 Å². The first-order valence-electron chi connectivity index (χ1n) is 11.7. The van der Waals surface area contributed by atoms with E-state index in [-0.39, 0.29) is 24.0 Å². The van der Waals surface area contributed by atoms with Crippen molar-refractivity contribution in [3.63, 3.8) is 0 Å². The van der Waals surface area contributed by atoms with Gasteiger partial charge in [-0.2, -0.15) is 10.2 Å². The van der Waals surface area contributed by atoms with Gasteiger partial charge in [-0.25, -0.2) is 0 Å². The highest BCUT2D eigenvalue weighted by atomic mass is 16.2. The van der Waals surface area contributed by atoms with E-state index in [0.717, 1.165) is 48.1 Å². The van der Waals surface area contributed by atoms with Gasteiger partial charge in [0, 0.05) is 37.0 Å². The summed E-state index contributed by atoms with van der Waals surface area (Å²) in [7, 11) is 1.83. The number of aryl methyl sites for hydroxylation is 1. The summed E-state index contributed by atoms with van der Waals surface area (Å²) >= 11 is 0. The maximum absolute atomic E-state index is 12.9. The topological polar surface area (TPSA) is 97.1 Å². The summed E-state index contributed by atoms with van der Waals surface area (Å²) in [6.45, 7) is 3.88. The maximum Gasteiger partial charge on any atom is 0.236 e. The van der Waals surface area contributed by atoms with Crippen molar-refractivity contribution in [2.24, 2.45) is 13.0 Å².